The van der Waals surface area contributed by atoms with Gasteiger partial charge in [-0.2, -0.15) is 0 Å². The van der Waals surface area contributed by atoms with E-state index in [9.17, 15) is 9.90 Å². The Morgan fingerprint density at radius 3 is 2.89 bits per heavy atom. The van der Waals surface area contributed by atoms with Gasteiger partial charge in [-0.1, -0.05) is 12.1 Å². The van der Waals surface area contributed by atoms with Crippen molar-refractivity contribution in [2.24, 2.45) is 0 Å². The molecule has 1 aromatic carbocycles. The number of nitrogens with one attached hydrogen (secondary N) is 1. The molecule has 1 saturated carbocycles. The van der Waals surface area contributed by atoms with Crippen molar-refractivity contribution in [1.82, 2.24) is 4.90 Å². The number of benzene rings is 1. The lowest BCUT2D eigenvalue weighted by molar-refractivity contribution is -0.123. The van der Waals surface area contributed by atoms with Crippen LogP contribution in [0.5, 0.6) is 0 Å². The van der Waals surface area contributed by atoms with E-state index in [1.807, 2.05) is 18.2 Å². The molecule has 0 saturated heterocycles. The molecule has 1 atom stereocenters. The fraction of sp³-hybridized carbons (Fsp3) is 0.533. The highest BCUT2D eigenvalue weighted by molar-refractivity contribution is 5.93. The SMILES string of the molecule is CC(O)C(=O)Nc1cccc(CCN(C)C2CC2)c1. The lowest BCUT2D eigenvalue weighted by Gasteiger charge is -2.15. The number of aliphatic hydroxyl groups is 1. The molecule has 1 aliphatic rings. The van der Waals surface area contributed by atoms with Crippen molar-refractivity contribution < 1.29 is 9.90 Å². The minimum atomic E-state index is -0.982. The van der Waals surface area contributed by atoms with E-state index in [0.29, 0.717) is 0 Å². The molecule has 1 unspecified atom stereocenters. The van der Waals surface area contributed by atoms with E-state index in [2.05, 4.69) is 23.3 Å². The summed E-state index contributed by atoms with van der Waals surface area (Å²) in [5.41, 5.74) is 1.95. The third kappa shape index (κ3) is 4.33. The molecule has 19 heavy (non-hydrogen) atoms. The molecule has 4 heteroatoms. The van der Waals surface area contributed by atoms with Crippen molar-refractivity contribution >= 4 is 11.6 Å². The monoisotopic (exact) mass is 262 g/mol. The van der Waals surface area contributed by atoms with Crippen LogP contribution in [0.3, 0.4) is 0 Å². The zero-order valence-corrected chi connectivity index (χ0v) is 11.6. The van der Waals surface area contributed by atoms with Gasteiger partial charge < -0.3 is 15.3 Å². The second-order valence-corrected chi connectivity index (χ2v) is 5.33. The number of aliphatic hydroxyl groups excluding tert-OH is 1. The molecule has 4 nitrogen and oxygen atoms in total. The molecule has 0 spiro atoms. The Hall–Kier alpha value is -1.39. The van der Waals surface area contributed by atoms with E-state index >= 15 is 0 Å². The summed E-state index contributed by atoms with van der Waals surface area (Å²) in [5.74, 6) is -0.368. The fourth-order valence-corrected chi connectivity index (χ4v) is 2.05. The second-order valence-electron chi connectivity index (χ2n) is 5.33. The van der Waals surface area contributed by atoms with Gasteiger partial charge in [0.2, 0.25) is 0 Å². The van der Waals surface area contributed by atoms with Gasteiger partial charge in [-0.05, 0) is 50.9 Å². The average molecular weight is 262 g/mol. The molecule has 2 rings (SSSR count). The first-order valence-electron chi connectivity index (χ1n) is 6.84. The molecule has 0 radical (unpaired) electrons. The van der Waals surface area contributed by atoms with Gasteiger partial charge >= 0.3 is 0 Å². The van der Waals surface area contributed by atoms with Crippen LogP contribution in [0.4, 0.5) is 5.69 Å². The Bertz CT molecular complexity index is 442. The number of anilines is 1. The number of likely N-dealkylation sites (N-methyl/N-ethyl adjacent to an activating group) is 1. The number of carbonyl (C=O) groups excluding carboxylic acids is 1. The van der Waals surface area contributed by atoms with E-state index in [4.69, 9.17) is 0 Å². The van der Waals surface area contributed by atoms with Crippen LogP contribution >= 0.6 is 0 Å². The summed E-state index contributed by atoms with van der Waals surface area (Å²) < 4.78 is 0. The minimum absolute atomic E-state index is 0.368. The summed E-state index contributed by atoms with van der Waals surface area (Å²) in [6.45, 7) is 2.50. The summed E-state index contributed by atoms with van der Waals surface area (Å²) in [7, 11) is 2.16. The Balaban J connectivity index is 1.88. The fourth-order valence-electron chi connectivity index (χ4n) is 2.05. The highest BCUT2D eigenvalue weighted by Crippen LogP contribution is 2.25. The molecule has 1 aromatic rings. The summed E-state index contributed by atoms with van der Waals surface area (Å²) in [4.78, 5) is 13.8. The van der Waals surface area contributed by atoms with Crippen LogP contribution in [0.1, 0.15) is 25.3 Å². The molecular formula is C15H22N2O2. The molecule has 1 aliphatic carbocycles. The van der Waals surface area contributed by atoms with Crippen LogP contribution < -0.4 is 5.32 Å². The van der Waals surface area contributed by atoms with Gasteiger partial charge in [-0.15, -0.1) is 0 Å². The molecule has 0 heterocycles. The van der Waals surface area contributed by atoms with E-state index in [1.165, 1.54) is 25.3 Å². The van der Waals surface area contributed by atoms with Crippen LogP contribution in [-0.2, 0) is 11.2 Å². The topological polar surface area (TPSA) is 52.6 Å². The largest absolute Gasteiger partial charge is 0.384 e. The van der Waals surface area contributed by atoms with Gasteiger partial charge in [0.15, 0.2) is 0 Å². The Morgan fingerprint density at radius 2 is 2.26 bits per heavy atom. The first-order valence-corrected chi connectivity index (χ1v) is 6.84. The summed E-state index contributed by atoms with van der Waals surface area (Å²) in [6.07, 6.45) is 2.64. The highest BCUT2D eigenvalue weighted by Gasteiger charge is 2.25. The van der Waals surface area contributed by atoms with Gasteiger partial charge in [-0.25, -0.2) is 0 Å². The number of hydrogen-bond donors (Lipinski definition) is 2. The normalized spacial score (nSPS) is 16.4. The molecule has 104 valence electrons. The molecule has 1 fully saturated rings. The first-order chi connectivity index (χ1) is 9.06. The van der Waals surface area contributed by atoms with Gasteiger partial charge in [0, 0.05) is 18.3 Å². The Kier molecular flexibility index (Phi) is 4.56. The van der Waals surface area contributed by atoms with E-state index in [1.54, 1.807) is 0 Å². The zero-order valence-electron chi connectivity index (χ0n) is 11.6. The maximum atomic E-state index is 11.4. The molecule has 0 bridgehead atoms. The van der Waals surface area contributed by atoms with Crippen molar-refractivity contribution in [3.05, 3.63) is 29.8 Å². The number of hydrogen-bond acceptors (Lipinski definition) is 3. The van der Waals surface area contributed by atoms with Crippen LogP contribution in [0, 0.1) is 0 Å². The third-order valence-corrected chi connectivity index (χ3v) is 3.50. The molecule has 1 amide bonds. The summed E-state index contributed by atoms with van der Waals surface area (Å²) in [5, 5.41) is 11.9. The first kappa shape index (κ1) is 14.0. The quantitative estimate of drug-likeness (QED) is 0.819. The lowest BCUT2D eigenvalue weighted by Crippen LogP contribution is -2.25. The van der Waals surface area contributed by atoms with Gasteiger partial charge in [0.1, 0.15) is 6.10 Å². The Morgan fingerprint density at radius 1 is 1.53 bits per heavy atom. The van der Waals surface area contributed by atoms with E-state index in [-0.39, 0.29) is 5.91 Å². The molecule has 0 aromatic heterocycles. The molecule has 0 aliphatic heterocycles. The lowest BCUT2D eigenvalue weighted by atomic mass is 10.1. The minimum Gasteiger partial charge on any atom is -0.384 e. The number of rotatable bonds is 6. The zero-order chi connectivity index (χ0) is 13.8. The summed E-state index contributed by atoms with van der Waals surface area (Å²) >= 11 is 0. The predicted molar refractivity (Wildman–Crippen MR) is 76.1 cm³/mol. The maximum absolute atomic E-state index is 11.4. The standard InChI is InChI=1S/C15H22N2O2/c1-11(18)15(19)16-13-5-3-4-12(10-13)8-9-17(2)14-6-7-14/h3-5,10-11,14,18H,6-9H2,1-2H3,(H,16,19). The van der Waals surface area contributed by atoms with E-state index < -0.39 is 6.10 Å². The third-order valence-electron chi connectivity index (χ3n) is 3.50. The Labute approximate surface area is 114 Å². The van der Waals surface area contributed by atoms with Crippen LogP contribution in [0.25, 0.3) is 0 Å². The van der Waals surface area contributed by atoms with Crippen LogP contribution in [0.2, 0.25) is 0 Å². The van der Waals surface area contributed by atoms with Gasteiger partial charge in [0.05, 0.1) is 0 Å². The molecule has 2 N–H and O–H groups in total. The number of nitrogens with zero attached hydrogens (tertiary/aromatic N) is 1. The number of amides is 1. The van der Waals surface area contributed by atoms with Crippen molar-refractivity contribution in [2.45, 2.75) is 38.3 Å². The van der Waals surface area contributed by atoms with Gasteiger partial charge in [0.25, 0.3) is 5.91 Å². The van der Waals surface area contributed by atoms with Crippen LogP contribution in [-0.4, -0.2) is 41.7 Å². The van der Waals surface area contributed by atoms with Crippen molar-refractivity contribution in [3.63, 3.8) is 0 Å². The smallest absolute Gasteiger partial charge is 0.252 e. The number of carbonyl (C=O) groups is 1. The van der Waals surface area contributed by atoms with Crippen molar-refractivity contribution in [1.29, 1.82) is 0 Å². The van der Waals surface area contributed by atoms with Crippen molar-refractivity contribution in [2.75, 3.05) is 18.9 Å². The highest BCUT2D eigenvalue weighted by atomic mass is 16.3. The predicted octanol–water partition coefficient (Wildman–Crippen LogP) is 1.64. The van der Waals surface area contributed by atoms with Crippen molar-refractivity contribution in [3.8, 4) is 0 Å². The maximum Gasteiger partial charge on any atom is 0.252 e. The average Bonchev–Trinajstić information content (AvgIpc) is 3.20. The summed E-state index contributed by atoms with van der Waals surface area (Å²) in [6, 6.07) is 8.59. The van der Waals surface area contributed by atoms with E-state index in [0.717, 1.165) is 24.7 Å². The molecular weight excluding hydrogens is 240 g/mol. The van der Waals surface area contributed by atoms with Crippen LogP contribution in [0.15, 0.2) is 24.3 Å². The second kappa shape index (κ2) is 6.17. The van der Waals surface area contributed by atoms with Gasteiger partial charge in [-0.3, -0.25) is 4.79 Å².